The maximum absolute atomic E-state index is 2.68. The van der Waals surface area contributed by atoms with Crippen LogP contribution < -0.4 is 0 Å². The third-order valence-electron chi connectivity index (χ3n) is 6.09. The van der Waals surface area contributed by atoms with E-state index in [9.17, 15) is 0 Å². The second kappa shape index (κ2) is 4.34. The molecule has 1 heterocycles. The zero-order chi connectivity index (χ0) is 13.7. The monoisotopic (exact) mass is 286 g/mol. The Labute approximate surface area is 112 Å². The first-order chi connectivity index (χ1) is 7.36. The molecular weight excluding hydrogens is 252 g/mol. The van der Waals surface area contributed by atoms with Gasteiger partial charge in [0.1, 0.15) is 0 Å². The molecule has 0 amide bonds. The second-order valence-electron chi connectivity index (χ2n) is 9.07. The lowest BCUT2D eigenvalue weighted by Gasteiger charge is -2.49. The maximum Gasteiger partial charge on any atom is 0.0423 e. The third kappa shape index (κ3) is 2.52. The van der Waals surface area contributed by atoms with Crippen molar-refractivity contribution in [1.82, 2.24) is 0 Å². The molecular formula is C14H34Si3. The summed E-state index contributed by atoms with van der Waals surface area (Å²) in [7, 11) is -2.84. The highest BCUT2D eigenvalue weighted by molar-refractivity contribution is 7.69. The van der Waals surface area contributed by atoms with Crippen LogP contribution in [-0.2, 0) is 0 Å². The van der Waals surface area contributed by atoms with Crippen LogP contribution in [0, 0.1) is 11.3 Å². The molecule has 1 atom stereocenters. The Kier molecular flexibility index (Phi) is 4.01. The Morgan fingerprint density at radius 2 is 1.35 bits per heavy atom. The van der Waals surface area contributed by atoms with Gasteiger partial charge in [0.15, 0.2) is 0 Å². The summed E-state index contributed by atoms with van der Waals surface area (Å²) < 4.78 is 0. The number of hydrogen-bond donors (Lipinski definition) is 0. The van der Waals surface area contributed by atoms with Gasteiger partial charge in [0, 0.05) is 22.3 Å². The van der Waals surface area contributed by atoms with Crippen LogP contribution in [0.2, 0.25) is 51.4 Å². The van der Waals surface area contributed by atoms with E-state index in [0.717, 1.165) is 5.92 Å². The molecule has 0 aromatic carbocycles. The fourth-order valence-corrected chi connectivity index (χ4v) is 50.1. The van der Waals surface area contributed by atoms with E-state index < -0.39 is 22.3 Å². The second-order valence-corrected chi connectivity index (χ2v) is 37.3. The number of rotatable bonds is 3. The molecule has 0 spiro atoms. The van der Waals surface area contributed by atoms with Crippen molar-refractivity contribution in [2.24, 2.45) is 11.3 Å². The van der Waals surface area contributed by atoms with Crippen LogP contribution >= 0.6 is 0 Å². The van der Waals surface area contributed by atoms with Crippen molar-refractivity contribution < 1.29 is 0 Å². The summed E-state index contributed by atoms with van der Waals surface area (Å²) in [5.74, 6) is 0.879. The van der Waals surface area contributed by atoms with Gasteiger partial charge < -0.3 is 0 Å². The first-order valence-electron chi connectivity index (χ1n) is 7.36. The molecule has 0 saturated carbocycles. The fraction of sp³-hybridized carbons (Fsp3) is 1.00. The van der Waals surface area contributed by atoms with Crippen molar-refractivity contribution >= 4 is 22.3 Å². The summed E-state index contributed by atoms with van der Waals surface area (Å²) in [4.78, 5) is 0. The summed E-state index contributed by atoms with van der Waals surface area (Å²) in [5, 5.41) is 0. The molecule has 0 aromatic heterocycles. The lowest BCUT2D eigenvalue weighted by molar-refractivity contribution is 0.254. The molecule has 0 nitrogen and oxygen atoms in total. The standard InChI is InChI=1S/C14H34Si3/c1-13(2)14(3)10-11-17(12-14,15(4,5)6)16(7,8)9/h13H,10-12H2,1-9H3. The Morgan fingerprint density at radius 3 is 1.53 bits per heavy atom. The zero-order valence-electron chi connectivity index (χ0n) is 13.7. The van der Waals surface area contributed by atoms with E-state index in [1.54, 1.807) is 12.1 Å². The van der Waals surface area contributed by atoms with Gasteiger partial charge >= 0.3 is 0 Å². The van der Waals surface area contributed by atoms with Gasteiger partial charge in [0.2, 0.25) is 0 Å². The van der Waals surface area contributed by atoms with Crippen molar-refractivity contribution in [1.29, 1.82) is 0 Å². The molecule has 0 aliphatic carbocycles. The van der Waals surface area contributed by atoms with E-state index in [1.165, 1.54) is 6.42 Å². The molecule has 3 heteroatoms. The summed E-state index contributed by atoms with van der Waals surface area (Å²) in [5.41, 5.74) is 0.673. The highest BCUT2D eigenvalue weighted by Gasteiger charge is 2.60. The topological polar surface area (TPSA) is 0 Å². The molecule has 1 fully saturated rings. The summed E-state index contributed by atoms with van der Waals surface area (Å²) in [6, 6.07) is 3.32. The van der Waals surface area contributed by atoms with Crippen LogP contribution in [-0.4, -0.2) is 22.3 Å². The molecule has 17 heavy (non-hydrogen) atoms. The quantitative estimate of drug-likeness (QED) is 0.615. The Hall–Kier alpha value is 0.651. The van der Waals surface area contributed by atoms with Crippen molar-refractivity contribution in [3.05, 3.63) is 0 Å². The molecule has 0 N–H and O–H groups in total. The third-order valence-corrected chi connectivity index (χ3v) is 47.6. The molecule has 1 aliphatic rings. The lowest BCUT2D eigenvalue weighted by Crippen LogP contribution is -2.70. The molecule has 1 saturated heterocycles. The minimum atomic E-state index is -0.956. The van der Waals surface area contributed by atoms with E-state index in [-0.39, 0.29) is 0 Å². The first kappa shape index (κ1) is 15.7. The molecule has 1 rings (SSSR count). The molecule has 1 aliphatic heterocycles. The van der Waals surface area contributed by atoms with E-state index in [0.29, 0.717) is 5.41 Å². The lowest BCUT2D eigenvalue weighted by atomic mass is 9.79. The average molecular weight is 287 g/mol. The van der Waals surface area contributed by atoms with Gasteiger partial charge in [0.25, 0.3) is 0 Å². The average Bonchev–Trinajstić information content (AvgIpc) is 2.43. The summed E-state index contributed by atoms with van der Waals surface area (Å²) >= 11 is 0. The van der Waals surface area contributed by atoms with Crippen molar-refractivity contribution in [2.45, 2.75) is 78.6 Å². The van der Waals surface area contributed by atoms with Gasteiger partial charge in [0.05, 0.1) is 0 Å². The van der Waals surface area contributed by atoms with Crippen LogP contribution in [0.3, 0.4) is 0 Å². The highest BCUT2D eigenvalue weighted by Crippen LogP contribution is 2.54. The summed E-state index contributed by atoms with van der Waals surface area (Å²) in [6.45, 7) is 23.6. The van der Waals surface area contributed by atoms with E-state index in [2.05, 4.69) is 60.1 Å². The minimum Gasteiger partial charge on any atom is -0.0717 e. The Morgan fingerprint density at radius 1 is 0.941 bits per heavy atom. The van der Waals surface area contributed by atoms with Crippen LogP contribution in [0.1, 0.15) is 27.2 Å². The first-order valence-corrected chi connectivity index (χ1v) is 18.8. The van der Waals surface area contributed by atoms with Crippen LogP contribution in [0.4, 0.5) is 0 Å². The SMILES string of the molecule is CC(C)C1(C)CC[Si]([Si](C)(C)C)([Si](C)(C)C)C1. The fourth-order valence-electron chi connectivity index (χ4n) is 4.26. The van der Waals surface area contributed by atoms with Gasteiger partial charge in [-0.2, -0.15) is 0 Å². The van der Waals surface area contributed by atoms with E-state index >= 15 is 0 Å². The molecule has 102 valence electrons. The Balaban J connectivity index is 3.16. The highest BCUT2D eigenvalue weighted by atomic mass is 29.6. The zero-order valence-corrected chi connectivity index (χ0v) is 16.7. The largest absolute Gasteiger partial charge is 0.0717 e. The number of hydrogen-bond acceptors (Lipinski definition) is 0. The molecule has 0 bridgehead atoms. The van der Waals surface area contributed by atoms with Gasteiger partial charge in [-0.25, -0.2) is 0 Å². The van der Waals surface area contributed by atoms with E-state index in [1.807, 2.05) is 0 Å². The predicted octanol–water partition coefficient (Wildman–Crippen LogP) is 5.33. The van der Waals surface area contributed by atoms with Crippen molar-refractivity contribution in [3.63, 3.8) is 0 Å². The predicted molar refractivity (Wildman–Crippen MR) is 89.6 cm³/mol. The van der Waals surface area contributed by atoms with Crippen LogP contribution in [0.15, 0.2) is 0 Å². The minimum absolute atomic E-state index is 0.673. The molecule has 0 radical (unpaired) electrons. The van der Waals surface area contributed by atoms with Crippen LogP contribution in [0.5, 0.6) is 0 Å². The van der Waals surface area contributed by atoms with Gasteiger partial charge in [-0.1, -0.05) is 78.6 Å². The van der Waals surface area contributed by atoms with Crippen molar-refractivity contribution in [2.75, 3.05) is 0 Å². The maximum atomic E-state index is 2.68. The normalized spacial score (nSPS) is 30.0. The van der Waals surface area contributed by atoms with Crippen LogP contribution in [0.25, 0.3) is 0 Å². The van der Waals surface area contributed by atoms with Gasteiger partial charge in [-0.15, -0.1) is 0 Å². The van der Waals surface area contributed by atoms with Gasteiger partial charge in [-0.05, 0) is 11.3 Å². The smallest absolute Gasteiger partial charge is 0.0423 e. The molecule has 1 unspecified atom stereocenters. The Bertz CT molecular complexity index is 269. The van der Waals surface area contributed by atoms with E-state index in [4.69, 9.17) is 0 Å². The summed E-state index contributed by atoms with van der Waals surface area (Å²) in [6.07, 6.45) is 1.53. The van der Waals surface area contributed by atoms with Crippen molar-refractivity contribution in [3.8, 4) is 0 Å². The molecule has 0 aromatic rings. The van der Waals surface area contributed by atoms with Gasteiger partial charge in [-0.3, -0.25) is 0 Å².